The monoisotopic (exact) mass is 475 g/mol. The summed E-state index contributed by atoms with van der Waals surface area (Å²) in [7, 11) is 1.58. The van der Waals surface area contributed by atoms with E-state index >= 15 is 0 Å². The number of hydrogen-bond donors (Lipinski definition) is 1. The fourth-order valence-electron chi connectivity index (χ4n) is 4.15. The highest BCUT2D eigenvalue weighted by Gasteiger charge is 2.25. The molecule has 0 unspecified atom stereocenters. The van der Waals surface area contributed by atoms with E-state index in [9.17, 15) is 9.59 Å². The van der Waals surface area contributed by atoms with Crippen molar-refractivity contribution in [3.63, 3.8) is 0 Å². The molecule has 162 valence electrons. The summed E-state index contributed by atoms with van der Waals surface area (Å²) < 4.78 is 12.2. The summed E-state index contributed by atoms with van der Waals surface area (Å²) >= 11 is 3.54. The van der Waals surface area contributed by atoms with Crippen molar-refractivity contribution in [3.05, 3.63) is 40.0 Å². The first-order valence-electron chi connectivity index (χ1n) is 10.7. The third-order valence-electron chi connectivity index (χ3n) is 5.75. The van der Waals surface area contributed by atoms with Gasteiger partial charge in [-0.25, -0.2) is 0 Å². The molecule has 1 aliphatic heterocycles. The molecule has 2 aliphatic rings. The number of methoxy groups -OCH3 is 1. The molecule has 0 spiro atoms. The molecule has 3 rings (SSSR count). The Kier molecular flexibility index (Phi) is 8.14. The third kappa shape index (κ3) is 5.97. The largest absolute Gasteiger partial charge is 0.493 e. The highest BCUT2D eigenvalue weighted by molar-refractivity contribution is 9.10. The molecule has 1 aliphatic carbocycles. The van der Waals surface area contributed by atoms with Crippen LogP contribution in [-0.2, 0) is 9.59 Å². The van der Waals surface area contributed by atoms with Crippen molar-refractivity contribution in [2.24, 2.45) is 5.92 Å². The fraction of sp³-hybridized carbons (Fsp3) is 0.500. The van der Waals surface area contributed by atoms with E-state index in [2.05, 4.69) is 27.8 Å². The zero-order valence-electron chi connectivity index (χ0n) is 17.6. The number of carbonyl (C=O) groups is 2. The summed E-state index contributed by atoms with van der Waals surface area (Å²) in [6, 6.07) is 3.61. The van der Waals surface area contributed by atoms with Crippen molar-refractivity contribution >= 4 is 33.7 Å². The average Bonchev–Trinajstić information content (AvgIpc) is 2.72. The lowest BCUT2D eigenvalue weighted by atomic mass is 9.86. The van der Waals surface area contributed by atoms with Crippen molar-refractivity contribution in [2.75, 3.05) is 13.7 Å². The van der Waals surface area contributed by atoms with Crippen LogP contribution in [0.2, 0.25) is 0 Å². The minimum absolute atomic E-state index is 0.118. The minimum atomic E-state index is -0.426. The Morgan fingerprint density at radius 2 is 1.97 bits per heavy atom. The van der Waals surface area contributed by atoms with Crippen LogP contribution in [0.5, 0.6) is 11.5 Å². The van der Waals surface area contributed by atoms with E-state index in [1.165, 1.54) is 44.9 Å². The van der Waals surface area contributed by atoms with Crippen molar-refractivity contribution in [1.82, 2.24) is 5.32 Å². The maximum absolute atomic E-state index is 12.2. The van der Waals surface area contributed by atoms with Crippen LogP contribution in [-0.4, -0.2) is 25.4 Å². The molecule has 0 aromatic heterocycles. The van der Waals surface area contributed by atoms with Crippen LogP contribution >= 0.6 is 15.9 Å². The van der Waals surface area contributed by atoms with Crippen LogP contribution < -0.4 is 14.8 Å². The van der Waals surface area contributed by atoms with Crippen LogP contribution in [0.4, 0.5) is 0 Å². The smallest absolute Gasteiger partial charge is 0.259 e. The van der Waals surface area contributed by atoms with Crippen LogP contribution in [0.1, 0.15) is 63.4 Å². The Balaban J connectivity index is 1.61. The number of allylic oxidation sites excluding steroid dienone is 1. The summed E-state index contributed by atoms with van der Waals surface area (Å²) in [5.41, 5.74) is 1.23. The van der Waals surface area contributed by atoms with Crippen LogP contribution in [0.25, 0.3) is 6.08 Å². The second kappa shape index (κ2) is 10.8. The predicted molar refractivity (Wildman–Crippen MR) is 121 cm³/mol. The van der Waals surface area contributed by atoms with Crippen molar-refractivity contribution in [2.45, 2.75) is 57.8 Å². The first-order valence-corrected chi connectivity index (χ1v) is 11.5. The van der Waals surface area contributed by atoms with Gasteiger partial charge < -0.3 is 14.8 Å². The number of rotatable bonds is 8. The van der Waals surface area contributed by atoms with E-state index in [1.54, 1.807) is 19.3 Å². The summed E-state index contributed by atoms with van der Waals surface area (Å²) in [5.74, 6) is 1.44. The van der Waals surface area contributed by atoms with E-state index in [0.29, 0.717) is 29.4 Å². The molecule has 1 N–H and O–H groups in total. The van der Waals surface area contributed by atoms with Gasteiger partial charge in [0, 0.05) is 5.70 Å². The highest BCUT2D eigenvalue weighted by Crippen LogP contribution is 2.38. The number of halogens is 1. The first-order chi connectivity index (χ1) is 14.5. The lowest BCUT2D eigenvalue weighted by Crippen LogP contribution is -2.34. The Morgan fingerprint density at radius 1 is 1.20 bits per heavy atom. The molecule has 2 fully saturated rings. The van der Waals surface area contributed by atoms with E-state index in [4.69, 9.17) is 9.47 Å². The molecule has 5 nitrogen and oxygen atoms in total. The maximum atomic E-state index is 12.2. The molecule has 1 aromatic carbocycles. The van der Waals surface area contributed by atoms with Gasteiger partial charge in [0.15, 0.2) is 17.3 Å². The quantitative estimate of drug-likeness (QED) is 0.303. The molecule has 1 saturated carbocycles. The van der Waals surface area contributed by atoms with Gasteiger partial charge in [0.1, 0.15) is 0 Å². The van der Waals surface area contributed by atoms with E-state index < -0.39 is 5.91 Å². The molecule has 30 heavy (non-hydrogen) atoms. The number of piperidine rings is 1. The molecule has 1 saturated heterocycles. The summed E-state index contributed by atoms with van der Waals surface area (Å²) in [5, 5.41) is 2.61. The average molecular weight is 476 g/mol. The zero-order chi connectivity index (χ0) is 21.5. The topological polar surface area (TPSA) is 64.6 Å². The number of nitrogens with one attached hydrogen (secondary N) is 1. The molecule has 0 radical (unpaired) electrons. The van der Waals surface area contributed by atoms with E-state index in [0.717, 1.165) is 16.8 Å². The van der Waals surface area contributed by atoms with Gasteiger partial charge in [-0.1, -0.05) is 45.1 Å². The van der Waals surface area contributed by atoms with Crippen molar-refractivity contribution in [3.8, 4) is 11.5 Å². The number of hydrogen-bond acceptors (Lipinski definition) is 4. The standard InChI is InChI=1S/C24H30BrNO4/c1-16-12-21(27)19(24(28)26-16)13-18-14-20(25)23(22(15-18)29-2)30-11-7-6-10-17-8-4-3-5-9-17/h13-15,17H,1,3-12H2,2H3,(H,26,28)/b19-13+. The summed E-state index contributed by atoms with van der Waals surface area (Å²) in [6.45, 7) is 4.28. The minimum Gasteiger partial charge on any atom is -0.493 e. The van der Waals surface area contributed by atoms with Crippen LogP contribution in [0.15, 0.2) is 34.5 Å². The Bertz CT molecular complexity index is 818. The number of benzene rings is 1. The molecular weight excluding hydrogens is 446 g/mol. The van der Waals surface area contributed by atoms with Gasteiger partial charge in [0.25, 0.3) is 5.91 Å². The lowest BCUT2D eigenvalue weighted by molar-refractivity contribution is -0.123. The summed E-state index contributed by atoms with van der Waals surface area (Å²) in [4.78, 5) is 24.3. The molecule has 6 heteroatoms. The van der Waals surface area contributed by atoms with Crippen LogP contribution in [0, 0.1) is 5.92 Å². The third-order valence-corrected chi connectivity index (χ3v) is 6.34. The number of ketones is 1. The van der Waals surface area contributed by atoms with E-state index in [1.807, 2.05) is 6.07 Å². The lowest BCUT2D eigenvalue weighted by Gasteiger charge is -2.21. The van der Waals surface area contributed by atoms with Gasteiger partial charge in [-0.2, -0.15) is 0 Å². The number of amides is 1. The number of carbonyl (C=O) groups excluding carboxylic acids is 2. The molecule has 0 atom stereocenters. The highest BCUT2D eigenvalue weighted by atomic mass is 79.9. The summed E-state index contributed by atoms with van der Waals surface area (Å²) in [6.07, 6.45) is 12.1. The molecule has 1 amide bonds. The van der Waals surface area contributed by atoms with Gasteiger partial charge in [0.2, 0.25) is 0 Å². The SMILES string of the molecule is C=C1CC(=O)/C(=C\c2cc(Br)c(OCCCCC3CCCCC3)c(OC)c2)C(=O)N1. The Morgan fingerprint density at radius 3 is 2.67 bits per heavy atom. The number of unbranched alkanes of at least 4 members (excludes halogenated alkanes) is 1. The van der Waals surface area contributed by atoms with Crippen molar-refractivity contribution in [1.29, 1.82) is 0 Å². The first kappa shape index (κ1) is 22.6. The predicted octanol–water partition coefficient (Wildman–Crippen LogP) is 5.57. The van der Waals surface area contributed by atoms with Gasteiger partial charge in [-0.05, 0) is 58.5 Å². The van der Waals surface area contributed by atoms with Gasteiger partial charge in [0.05, 0.1) is 30.2 Å². The second-order valence-electron chi connectivity index (χ2n) is 8.10. The van der Waals surface area contributed by atoms with Crippen molar-refractivity contribution < 1.29 is 19.1 Å². The van der Waals surface area contributed by atoms with Gasteiger partial charge in [-0.3, -0.25) is 9.59 Å². The molecule has 1 aromatic rings. The van der Waals surface area contributed by atoms with E-state index in [-0.39, 0.29) is 17.8 Å². The second-order valence-corrected chi connectivity index (χ2v) is 8.95. The Hall–Kier alpha value is -2.08. The van der Waals surface area contributed by atoms with Gasteiger partial charge in [-0.15, -0.1) is 0 Å². The van der Waals surface area contributed by atoms with Crippen LogP contribution in [0.3, 0.4) is 0 Å². The Labute approximate surface area is 187 Å². The number of Topliss-reactive ketones (excluding diaryl/α,β-unsaturated/α-hetero) is 1. The zero-order valence-corrected chi connectivity index (χ0v) is 19.2. The molecule has 1 heterocycles. The van der Waals surface area contributed by atoms with Gasteiger partial charge >= 0.3 is 0 Å². The fourth-order valence-corrected chi connectivity index (χ4v) is 4.72. The maximum Gasteiger partial charge on any atom is 0.259 e. The normalized spacial score (nSPS) is 19.1. The number of ether oxygens (including phenoxy) is 2. The molecular formula is C24H30BrNO4. The molecule has 0 bridgehead atoms.